The molecule has 0 aromatic heterocycles. The van der Waals surface area contributed by atoms with Gasteiger partial charge in [-0.3, -0.25) is 4.79 Å². The molecule has 0 radical (unpaired) electrons. The zero-order valence-electron chi connectivity index (χ0n) is 19.8. The van der Waals surface area contributed by atoms with E-state index in [9.17, 15) is 14.7 Å². The molecule has 3 aromatic carbocycles. The van der Waals surface area contributed by atoms with Gasteiger partial charge in [0.2, 0.25) is 0 Å². The minimum atomic E-state index is -1.16. The number of carbonyl (C=O) groups is 2. The fourth-order valence-electron chi connectivity index (χ4n) is 3.85. The van der Waals surface area contributed by atoms with Crippen molar-refractivity contribution in [1.29, 1.82) is 0 Å². The molecule has 1 heterocycles. The number of amides is 1. The Morgan fingerprint density at radius 2 is 1.89 bits per heavy atom. The first kappa shape index (κ1) is 28.3. The molecule has 1 atom stereocenters. The third-order valence-electron chi connectivity index (χ3n) is 5.66. The number of benzene rings is 3. The standard InChI is InChI=1S/C26H23BrClNO6.Na/c1-33-22-12-17(27)5-2-15(22)8-10-29-25(30)16-3-6-18(7-4-16)35-24-14-23-20(13-21(24)28)19(26(31)32)9-11-34-23;/h2-7,12-14,19H,8-11H2,1H3,(H,29,30)(H,31,32);/q;+1/p-1. The number of rotatable bonds is 8. The molecule has 3 aromatic rings. The number of hydrogen-bond acceptors (Lipinski definition) is 6. The molecule has 36 heavy (non-hydrogen) atoms. The van der Waals surface area contributed by atoms with Gasteiger partial charge < -0.3 is 29.4 Å². The van der Waals surface area contributed by atoms with Gasteiger partial charge in [-0.1, -0.05) is 33.6 Å². The van der Waals surface area contributed by atoms with Gasteiger partial charge in [0.1, 0.15) is 23.0 Å². The monoisotopic (exact) mass is 581 g/mol. The molecule has 0 spiro atoms. The number of aliphatic carboxylic acids is 1. The molecule has 0 saturated heterocycles. The van der Waals surface area contributed by atoms with Gasteiger partial charge in [-0.25, -0.2) is 0 Å². The van der Waals surface area contributed by atoms with E-state index in [0.717, 1.165) is 15.8 Å². The SMILES string of the molecule is COc1cc(Br)ccc1CCNC(=O)c1ccc(Oc2cc3c(cc2Cl)C(C(=O)[O-])CCO3)cc1.[Na+]. The van der Waals surface area contributed by atoms with Crippen molar-refractivity contribution in [3.8, 4) is 23.0 Å². The van der Waals surface area contributed by atoms with Crippen LogP contribution in [0.2, 0.25) is 5.02 Å². The second kappa shape index (κ2) is 12.8. The summed E-state index contributed by atoms with van der Waals surface area (Å²) in [4.78, 5) is 23.9. The fraction of sp³-hybridized carbons (Fsp3) is 0.231. The molecule has 0 saturated carbocycles. The normalized spacial score (nSPS) is 14.0. The van der Waals surface area contributed by atoms with Crippen LogP contribution in [-0.2, 0) is 11.2 Å². The maximum atomic E-state index is 12.5. The van der Waals surface area contributed by atoms with Crippen molar-refractivity contribution in [2.24, 2.45) is 0 Å². The molecule has 0 aliphatic carbocycles. The van der Waals surface area contributed by atoms with E-state index >= 15 is 0 Å². The van der Waals surface area contributed by atoms with Crippen LogP contribution in [0.5, 0.6) is 23.0 Å². The number of methoxy groups -OCH3 is 1. The Labute approximate surface area is 244 Å². The first-order valence-electron chi connectivity index (χ1n) is 10.9. The number of halogens is 2. The van der Waals surface area contributed by atoms with E-state index < -0.39 is 11.9 Å². The van der Waals surface area contributed by atoms with Crippen LogP contribution in [0.3, 0.4) is 0 Å². The first-order chi connectivity index (χ1) is 16.9. The molecule has 1 aliphatic rings. The Morgan fingerprint density at radius 1 is 1.14 bits per heavy atom. The van der Waals surface area contributed by atoms with Crippen LogP contribution in [0.25, 0.3) is 0 Å². The quantitative estimate of drug-likeness (QED) is 0.405. The molecule has 0 bridgehead atoms. The summed E-state index contributed by atoms with van der Waals surface area (Å²) in [6, 6.07) is 15.5. The van der Waals surface area contributed by atoms with Crippen molar-refractivity contribution in [3.05, 3.63) is 80.8 Å². The molecule has 4 rings (SSSR count). The predicted octanol–water partition coefficient (Wildman–Crippen LogP) is 1.50. The van der Waals surface area contributed by atoms with E-state index in [-0.39, 0.29) is 47.1 Å². The summed E-state index contributed by atoms with van der Waals surface area (Å²) in [7, 11) is 1.61. The molecule has 10 heteroatoms. The minimum Gasteiger partial charge on any atom is -0.549 e. The van der Waals surface area contributed by atoms with Crippen molar-refractivity contribution in [2.45, 2.75) is 18.8 Å². The van der Waals surface area contributed by atoms with Gasteiger partial charge in [0.25, 0.3) is 5.91 Å². The van der Waals surface area contributed by atoms with E-state index in [0.29, 0.717) is 47.8 Å². The Hall–Kier alpha value is -2.23. The number of carboxylic acids is 1. The van der Waals surface area contributed by atoms with Crippen molar-refractivity contribution in [2.75, 3.05) is 20.3 Å². The molecule has 1 N–H and O–H groups in total. The number of hydrogen-bond donors (Lipinski definition) is 1. The van der Waals surface area contributed by atoms with Crippen LogP contribution in [0, 0.1) is 0 Å². The number of carboxylic acid groups (broad SMARTS) is 1. The Kier molecular flexibility index (Phi) is 10.1. The van der Waals surface area contributed by atoms with E-state index in [1.807, 2.05) is 18.2 Å². The van der Waals surface area contributed by atoms with Crippen molar-refractivity contribution in [3.63, 3.8) is 0 Å². The van der Waals surface area contributed by atoms with Crippen LogP contribution in [0.1, 0.15) is 33.8 Å². The summed E-state index contributed by atoms with van der Waals surface area (Å²) >= 11 is 9.75. The summed E-state index contributed by atoms with van der Waals surface area (Å²) in [5.74, 6) is -0.182. The second-order valence-electron chi connectivity index (χ2n) is 7.92. The molecule has 0 fully saturated rings. The maximum absolute atomic E-state index is 12.5. The average molecular weight is 583 g/mol. The third kappa shape index (κ3) is 6.75. The van der Waals surface area contributed by atoms with Gasteiger partial charge in [-0.05, 0) is 60.9 Å². The molecule has 1 aliphatic heterocycles. The Bertz CT molecular complexity index is 1250. The topological polar surface area (TPSA) is 96.9 Å². The molecule has 1 amide bonds. The summed E-state index contributed by atoms with van der Waals surface area (Å²) in [6.07, 6.45) is 0.952. The molecule has 1 unspecified atom stereocenters. The van der Waals surface area contributed by atoms with Crippen LogP contribution in [-0.4, -0.2) is 32.1 Å². The number of fused-ring (bicyclic) bond motifs is 1. The van der Waals surface area contributed by atoms with Crippen LogP contribution < -0.4 is 54.2 Å². The van der Waals surface area contributed by atoms with Crippen molar-refractivity contribution in [1.82, 2.24) is 5.32 Å². The van der Waals surface area contributed by atoms with Gasteiger partial charge in [0.15, 0.2) is 0 Å². The van der Waals surface area contributed by atoms with Gasteiger partial charge >= 0.3 is 29.6 Å². The number of carbonyl (C=O) groups excluding carboxylic acids is 2. The molecule has 182 valence electrons. The average Bonchev–Trinajstić information content (AvgIpc) is 2.85. The first-order valence-corrected chi connectivity index (χ1v) is 12.1. The van der Waals surface area contributed by atoms with Crippen LogP contribution in [0.15, 0.2) is 59.1 Å². The molecular formula is C26H22BrClNNaO6. The minimum absolute atomic E-state index is 0. The van der Waals surface area contributed by atoms with Crippen LogP contribution in [0.4, 0.5) is 0 Å². The smallest absolute Gasteiger partial charge is 0.549 e. The number of ether oxygens (including phenoxy) is 3. The van der Waals surface area contributed by atoms with Crippen molar-refractivity contribution < 1.29 is 58.5 Å². The third-order valence-corrected chi connectivity index (χ3v) is 6.45. The molecule has 7 nitrogen and oxygen atoms in total. The zero-order valence-corrected chi connectivity index (χ0v) is 24.1. The summed E-state index contributed by atoms with van der Waals surface area (Å²) in [6.45, 7) is 0.720. The van der Waals surface area contributed by atoms with E-state index in [2.05, 4.69) is 21.2 Å². The zero-order chi connectivity index (χ0) is 24.9. The molecular weight excluding hydrogens is 561 g/mol. The van der Waals surface area contributed by atoms with Gasteiger partial charge in [-0.2, -0.15) is 0 Å². The summed E-state index contributed by atoms with van der Waals surface area (Å²) in [5.41, 5.74) is 1.95. The Balaban J connectivity index is 0.00000361. The van der Waals surface area contributed by atoms with E-state index in [1.54, 1.807) is 37.4 Å². The maximum Gasteiger partial charge on any atom is 1.00 e. The number of nitrogens with one attached hydrogen (secondary N) is 1. The predicted molar refractivity (Wildman–Crippen MR) is 133 cm³/mol. The second-order valence-corrected chi connectivity index (χ2v) is 9.24. The van der Waals surface area contributed by atoms with Gasteiger partial charge in [0, 0.05) is 40.1 Å². The van der Waals surface area contributed by atoms with E-state index in [1.165, 1.54) is 6.07 Å². The van der Waals surface area contributed by atoms with Crippen LogP contribution >= 0.6 is 27.5 Å². The van der Waals surface area contributed by atoms with E-state index in [4.69, 9.17) is 25.8 Å². The van der Waals surface area contributed by atoms with Gasteiger partial charge in [-0.15, -0.1) is 0 Å². The van der Waals surface area contributed by atoms with Gasteiger partial charge in [0.05, 0.1) is 18.7 Å². The Morgan fingerprint density at radius 3 is 2.58 bits per heavy atom. The summed E-state index contributed by atoms with van der Waals surface area (Å²) < 4.78 is 17.7. The van der Waals surface area contributed by atoms with Crippen molar-refractivity contribution >= 4 is 39.4 Å². The summed E-state index contributed by atoms with van der Waals surface area (Å²) in [5, 5.41) is 14.5. The largest absolute Gasteiger partial charge is 1.00 e. The fourth-order valence-corrected chi connectivity index (χ4v) is 4.40.